The van der Waals surface area contributed by atoms with Crippen LogP contribution in [0.3, 0.4) is 0 Å². The van der Waals surface area contributed by atoms with E-state index in [0.29, 0.717) is 0 Å². The van der Waals surface area contributed by atoms with Crippen LogP contribution in [0.25, 0.3) is 10.8 Å². The van der Waals surface area contributed by atoms with Gasteiger partial charge < -0.3 is 4.74 Å². The minimum absolute atomic E-state index is 0. The zero-order chi connectivity index (χ0) is 15.1. The first-order chi connectivity index (χ1) is 9.29. The Morgan fingerprint density at radius 2 is 1.52 bits per heavy atom. The van der Waals surface area contributed by atoms with Gasteiger partial charge in [-0.3, -0.25) is 0 Å². The van der Waals surface area contributed by atoms with Gasteiger partial charge in [-0.15, -0.1) is 11.1 Å². The molecule has 0 unspecified atom stereocenters. The first-order valence-corrected chi connectivity index (χ1v) is 7.19. The molecule has 0 spiro atoms. The van der Waals surface area contributed by atoms with Gasteiger partial charge in [0.15, 0.2) is 0 Å². The summed E-state index contributed by atoms with van der Waals surface area (Å²) < 4.78 is 5.79. The molecule has 0 heterocycles. The van der Waals surface area contributed by atoms with Crippen molar-refractivity contribution in [2.75, 3.05) is 7.11 Å². The van der Waals surface area contributed by atoms with Crippen molar-refractivity contribution in [3.05, 3.63) is 46.9 Å². The number of fused-ring (bicyclic) bond motifs is 1. The summed E-state index contributed by atoms with van der Waals surface area (Å²) in [6, 6.07) is 8.52. The van der Waals surface area contributed by atoms with E-state index in [-0.39, 0.29) is 26.5 Å². The second-order valence-electron chi connectivity index (χ2n) is 6.70. The van der Waals surface area contributed by atoms with Gasteiger partial charge in [0.05, 0.1) is 7.11 Å². The molecule has 0 bridgehead atoms. The molecule has 0 amide bonds. The third-order valence-electron chi connectivity index (χ3n) is 3.88. The largest absolute Gasteiger partial charge is 0.553 e. The van der Waals surface area contributed by atoms with E-state index < -0.39 is 0 Å². The molecule has 0 aliphatic heterocycles. The van der Waals surface area contributed by atoms with Gasteiger partial charge in [0.2, 0.25) is 0 Å². The molecule has 1 nitrogen and oxygen atoms in total. The third-order valence-corrected chi connectivity index (χ3v) is 3.88. The Kier molecular flexibility index (Phi) is 5.56. The number of ether oxygens (including phenoxy) is 1. The summed E-state index contributed by atoms with van der Waals surface area (Å²) in [4.78, 5) is 0. The molecular formula is C19H25OW-. The van der Waals surface area contributed by atoms with Crippen molar-refractivity contribution in [2.24, 2.45) is 0 Å². The van der Waals surface area contributed by atoms with Gasteiger partial charge >= 0.3 is 0 Å². The predicted molar refractivity (Wildman–Crippen MR) is 87.6 cm³/mol. The van der Waals surface area contributed by atoms with E-state index in [9.17, 15) is 0 Å². The molecule has 2 heteroatoms. The number of methoxy groups -OCH3 is 1. The van der Waals surface area contributed by atoms with Gasteiger partial charge in [0.1, 0.15) is 0 Å². The van der Waals surface area contributed by atoms with Gasteiger partial charge in [0, 0.05) is 26.8 Å². The van der Waals surface area contributed by atoms with Crippen LogP contribution < -0.4 is 4.74 Å². The van der Waals surface area contributed by atoms with Crippen molar-refractivity contribution >= 4 is 10.8 Å². The molecule has 2 aromatic carbocycles. The maximum Gasteiger partial charge on any atom is 0.0607 e. The summed E-state index contributed by atoms with van der Waals surface area (Å²) >= 11 is 0. The van der Waals surface area contributed by atoms with Crippen molar-refractivity contribution in [3.8, 4) is 5.75 Å². The van der Waals surface area contributed by atoms with Crippen molar-refractivity contribution in [1.82, 2.24) is 0 Å². The van der Waals surface area contributed by atoms with E-state index >= 15 is 0 Å². The Labute approximate surface area is 143 Å². The summed E-state index contributed by atoms with van der Waals surface area (Å²) in [6.45, 7) is 13.4. The zero-order valence-corrected chi connectivity index (χ0v) is 17.1. The van der Waals surface area contributed by atoms with Gasteiger partial charge in [-0.2, -0.15) is 5.92 Å². The van der Waals surface area contributed by atoms with Crippen LogP contribution in [0.5, 0.6) is 5.75 Å². The van der Waals surface area contributed by atoms with E-state index in [1.165, 1.54) is 33.4 Å². The normalized spacial score (nSPS) is 11.2. The van der Waals surface area contributed by atoms with Gasteiger partial charge in [-0.25, -0.2) is 0 Å². The van der Waals surface area contributed by atoms with E-state index in [4.69, 9.17) is 4.74 Å². The number of aryl methyl sites for hydroxylation is 1. The minimum Gasteiger partial charge on any atom is -0.553 e. The molecular weight excluding hydrogens is 428 g/mol. The van der Waals surface area contributed by atoms with Crippen LogP contribution >= 0.6 is 0 Å². The van der Waals surface area contributed by atoms with Crippen molar-refractivity contribution in [3.63, 3.8) is 0 Å². The monoisotopic (exact) mass is 453 g/mol. The van der Waals surface area contributed by atoms with Gasteiger partial charge in [-0.05, 0) is 10.8 Å². The molecule has 0 aliphatic carbocycles. The molecule has 0 aliphatic rings. The van der Waals surface area contributed by atoms with Crippen LogP contribution in [-0.4, -0.2) is 7.11 Å². The molecule has 0 saturated heterocycles. The maximum absolute atomic E-state index is 5.79. The third kappa shape index (κ3) is 3.14. The van der Waals surface area contributed by atoms with Crippen LogP contribution in [0.2, 0.25) is 0 Å². The van der Waals surface area contributed by atoms with Crippen molar-refractivity contribution < 1.29 is 25.8 Å². The topological polar surface area (TPSA) is 9.23 Å². The summed E-state index contributed by atoms with van der Waals surface area (Å²) in [5.41, 5.74) is 4.13. The number of hydrogen-bond acceptors (Lipinski definition) is 1. The smallest absolute Gasteiger partial charge is 0.0607 e. The minimum atomic E-state index is 0. The number of rotatable bonds is 2. The molecule has 2 rings (SSSR count). The fourth-order valence-corrected chi connectivity index (χ4v) is 3.21. The second-order valence-corrected chi connectivity index (χ2v) is 6.70. The quantitative estimate of drug-likeness (QED) is 0.553. The zero-order valence-electron chi connectivity index (χ0n) is 14.1. The first kappa shape index (κ1) is 18.1. The molecule has 0 N–H and O–H groups in total. The van der Waals surface area contributed by atoms with Crippen LogP contribution in [0.4, 0.5) is 0 Å². The maximum atomic E-state index is 5.79. The molecule has 0 saturated carbocycles. The second kappa shape index (κ2) is 6.44. The Hall–Kier alpha value is -0.942. The van der Waals surface area contributed by atoms with E-state index in [1.54, 1.807) is 7.11 Å². The predicted octanol–water partition coefficient (Wildman–Crippen LogP) is 5.41. The van der Waals surface area contributed by atoms with Crippen LogP contribution in [0.1, 0.15) is 51.3 Å². The molecule has 0 radical (unpaired) electrons. The summed E-state index contributed by atoms with van der Waals surface area (Å²) in [6.07, 6.45) is 0. The molecule has 21 heavy (non-hydrogen) atoms. The van der Waals surface area contributed by atoms with Gasteiger partial charge in [0.25, 0.3) is 0 Å². The van der Waals surface area contributed by atoms with Crippen LogP contribution in [0.15, 0.2) is 24.3 Å². The molecule has 0 aromatic heterocycles. The van der Waals surface area contributed by atoms with Crippen molar-refractivity contribution in [2.45, 2.75) is 47.0 Å². The molecule has 0 fully saturated rings. The Morgan fingerprint density at radius 1 is 1.00 bits per heavy atom. The average Bonchev–Trinajstić information content (AvgIpc) is 2.36. The fraction of sp³-hybridized carbons (Fsp3) is 0.421. The average molecular weight is 453 g/mol. The summed E-state index contributed by atoms with van der Waals surface area (Å²) in [7, 11) is 1.77. The number of hydrogen-bond donors (Lipinski definition) is 0. The first-order valence-electron chi connectivity index (χ1n) is 7.19. The molecule has 114 valence electrons. The molecule has 0 atom stereocenters. The Morgan fingerprint density at radius 3 is 1.95 bits per heavy atom. The Balaban J connectivity index is 0.00000220. The number of benzene rings is 2. The summed E-state index contributed by atoms with van der Waals surface area (Å²) in [5.74, 6) is 2.32. The fourth-order valence-electron chi connectivity index (χ4n) is 3.21. The van der Waals surface area contributed by atoms with E-state index in [1.807, 2.05) is 0 Å². The van der Waals surface area contributed by atoms with Crippen LogP contribution in [-0.2, 0) is 26.5 Å². The van der Waals surface area contributed by atoms with E-state index in [2.05, 4.69) is 65.8 Å². The van der Waals surface area contributed by atoms with Crippen molar-refractivity contribution in [1.29, 1.82) is 0 Å². The molecule has 2 aromatic rings. The SMILES string of the molecule is COc1c([C-](C)C)c(C(C)(C)C)c(C)c2ccccc12.[W]. The van der Waals surface area contributed by atoms with Crippen LogP contribution in [0, 0.1) is 12.8 Å². The van der Waals surface area contributed by atoms with Gasteiger partial charge in [-0.1, -0.05) is 76.8 Å². The standard InChI is InChI=1S/C19H25O.W/c1-12(2)16-17(19(4,5)6)13(3)14-10-8-9-11-15(14)18(16)20-7;/h8-11H,1-7H3;/q-1;. The Bertz CT molecular complexity index is 636. The van der Waals surface area contributed by atoms with E-state index in [0.717, 1.165) is 5.75 Å². The summed E-state index contributed by atoms with van der Waals surface area (Å²) in [5, 5.41) is 2.50.